The number of rotatable bonds is 8. The fourth-order valence-electron chi connectivity index (χ4n) is 4.16. The van der Waals surface area contributed by atoms with Crippen LogP contribution in [0.4, 0.5) is 0 Å². The van der Waals surface area contributed by atoms with Crippen LogP contribution in [0.2, 0.25) is 0 Å². The molecule has 0 saturated heterocycles. The maximum atomic E-state index is 2.40. The molecule has 0 bridgehead atoms. The van der Waals surface area contributed by atoms with Crippen molar-refractivity contribution in [3.63, 3.8) is 0 Å². The lowest BCUT2D eigenvalue weighted by atomic mass is 9.90. The Labute approximate surface area is 175 Å². The zero-order valence-electron chi connectivity index (χ0n) is 17.4. The summed E-state index contributed by atoms with van der Waals surface area (Å²) >= 11 is 0. The Morgan fingerprint density at radius 2 is 1.14 bits per heavy atom. The SMILES string of the molecule is CCCCCCCc1cccc(-c2cc3ccccc3cc2-c2ccccc2)c1. The highest BCUT2D eigenvalue weighted by Gasteiger charge is 2.10. The van der Waals surface area contributed by atoms with Gasteiger partial charge >= 0.3 is 0 Å². The number of fused-ring (bicyclic) bond motifs is 1. The number of unbranched alkanes of at least 4 members (excludes halogenated alkanes) is 4. The van der Waals surface area contributed by atoms with E-state index in [0.717, 1.165) is 0 Å². The second-order valence-corrected chi connectivity index (χ2v) is 7.98. The van der Waals surface area contributed by atoms with Gasteiger partial charge in [0.1, 0.15) is 0 Å². The number of aryl methyl sites for hydroxylation is 1. The van der Waals surface area contributed by atoms with Crippen molar-refractivity contribution in [1.82, 2.24) is 0 Å². The van der Waals surface area contributed by atoms with Gasteiger partial charge in [0.2, 0.25) is 0 Å². The maximum absolute atomic E-state index is 2.40. The van der Waals surface area contributed by atoms with Gasteiger partial charge in [-0.15, -0.1) is 0 Å². The molecule has 0 heteroatoms. The van der Waals surface area contributed by atoms with Crippen LogP contribution < -0.4 is 0 Å². The summed E-state index contributed by atoms with van der Waals surface area (Å²) in [5, 5.41) is 2.59. The minimum absolute atomic E-state index is 1.17. The van der Waals surface area contributed by atoms with Crippen LogP contribution in [-0.4, -0.2) is 0 Å². The largest absolute Gasteiger partial charge is 0.0654 e. The van der Waals surface area contributed by atoms with Gasteiger partial charge in [-0.1, -0.05) is 111 Å². The van der Waals surface area contributed by atoms with Gasteiger partial charge in [0.05, 0.1) is 0 Å². The Kier molecular flexibility index (Phi) is 6.42. The molecule has 0 fully saturated rings. The maximum Gasteiger partial charge on any atom is -0.00989 e. The van der Waals surface area contributed by atoms with Crippen LogP contribution in [0.15, 0.2) is 91.0 Å². The molecule has 0 spiro atoms. The molecule has 146 valence electrons. The lowest BCUT2D eigenvalue weighted by molar-refractivity contribution is 0.632. The van der Waals surface area contributed by atoms with Crippen molar-refractivity contribution in [2.75, 3.05) is 0 Å². The number of benzene rings is 4. The van der Waals surface area contributed by atoms with Crippen molar-refractivity contribution in [3.8, 4) is 22.3 Å². The second kappa shape index (κ2) is 9.56. The molecule has 4 rings (SSSR count). The molecule has 4 aromatic carbocycles. The molecule has 0 unspecified atom stereocenters. The van der Waals surface area contributed by atoms with Crippen LogP contribution in [0.5, 0.6) is 0 Å². The van der Waals surface area contributed by atoms with Crippen molar-refractivity contribution < 1.29 is 0 Å². The highest BCUT2D eigenvalue weighted by molar-refractivity contribution is 5.96. The summed E-state index contributed by atoms with van der Waals surface area (Å²) in [6, 6.07) is 33.3. The summed E-state index contributed by atoms with van der Waals surface area (Å²) in [5.41, 5.74) is 6.68. The van der Waals surface area contributed by atoms with E-state index in [-0.39, 0.29) is 0 Å². The quantitative estimate of drug-likeness (QED) is 0.269. The molecule has 0 nitrogen and oxygen atoms in total. The number of hydrogen-bond acceptors (Lipinski definition) is 0. The van der Waals surface area contributed by atoms with Crippen LogP contribution in [0, 0.1) is 0 Å². The first-order valence-corrected chi connectivity index (χ1v) is 11.0. The van der Waals surface area contributed by atoms with Gasteiger partial charge in [-0.3, -0.25) is 0 Å². The van der Waals surface area contributed by atoms with Crippen LogP contribution in [0.3, 0.4) is 0 Å². The van der Waals surface area contributed by atoms with Gasteiger partial charge in [-0.05, 0) is 63.6 Å². The van der Waals surface area contributed by atoms with E-state index < -0.39 is 0 Å². The standard InChI is InChI=1S/C29H30/c1-2-3-4-5-7-13-23-14-12-19-27(20-23)29-22-26-18-11-10-17-25(26)21-28(29)24-15-8-6-9-16-24/h6,8-12,14-22H,2-5,7,13H2,1H3. The zero-order chi connectivity index (χ0) is 19.9. The number of hydrogen-bond donors (Lipinski definition) is 0. The molecular weight excluding hydrogens is 348 g/mol. The first kappa shape index (κ1) is 19.5. The molecule has 0 atom stereocenters. The molecular formula is C29H30. The topological polar surface area (TPSA) is 0 Å². The van der Waals surface area contributed by atoms with Crippen molar-refractivity contribution in [2.24, 2.45) is 0 Å². The summed E-state index contributed by atoms with van der Waals surface area (Å²) in [7, 11) is 0. The molecule has 0 aliphatic carbocycles. The molecule has 0 radical (unpaired) electrons. The fraction of sp³-hybridized carbons (Fsp3) is 0.241. The first-order valence-electron chi connectivity index (χ1n) is 11.0. The van der Waals surface area contributed by atoms with E-state index in [1.807, 2.05) is 0 Å². The minimum Gasteiger partial charge on any atom is -0.0654 e. The molecule has 4 aromatic rings. The molecule has 0 aromatic heterocycles. The van der Waals surface area contributed by atoms with E-state index in [0.29, 0.717) is 0 Å². The Hall–Kier alpha value is -2.86. The fourth-order valence-corrected chi connectivity index (χ4v) is 4.16. The van der Waals surface area contributed by atoms with Gasteiger partial charge in [-0.2, -0.15) is 0 Å². The third-order valence-electron chi connectivity index (χ3n) is 5.78. The van der Waals surface area contributed by atoms with Gasteiger partial charge in [0, 0.05) is 0 Å². The van der Waals surface area contributed by atoms with E-state index in [2.05, 4.69) is 97.9 Å². The monoisotopic (exact) mass is 378 g/mol. The molecule has 0 aliphatic heterocycles. The lowest BCUT2D eigenvalue weighted by Crippen LogP contribution is -1.90. The molecule has 0 aliphatic rings. The molecule has 0 saturated carbocycles. The van der Waals surface area contributed by atoms with Crippen molar-refractivity contribution in [2.45, 2.75) is 45.4 Å². The smallest absolute Gasteiger partial charge is 0.00989 e. The summed E-state index contributed by atoms with van der Waals surface area (Å²) in [4.78, 5) is 0. The normalized spacial score (nSPS) is 11.1. The van der Waals surface area contributed by atoms with Crippen molar-refractivity contribution in [1.29, 1.82) is 0 Å². The highest BCUT2D eigenvalue weighted by atomic mass is 14.1. The van der Waals surface area contributed by atoms with Gasteiger partial charge < -0.3 is 0 Å². The van der Waals surface area contributed by atoms with Gasteiger partial charge in [-0.25, -0.2) is 0 Å². The molecule has 29 heavy (non-hydrogen) atoms. The summed E-state index contributed by atoms with van der Waals surface area (Å²) < 4.78 is 0. The molecule has 0 N–H and O–H groups in total. The predicted molar refractivity (Wildman–Crippen MR) is 127 cm³/mol. The van der Waals surface area contributed by atoms with Crippen LogP contribution >= 0.6 is 0 Å². The summed E-state index contributed by atoms with van der Waals surface area (Å²) in [5.74, 6) is 0. The van der Waals surface area contributed by atoms with Gasteiger partial charge in [0.15, 0.2) is 0 Å². The van der Waals surface area contributed by atoms with Crippen molar-refractivity contribution in [3.05, 3.63) is 96.6 Å². The van der Waals surface area contributed by atoms with E-state index in [1.54, 1.807) is 0 Å². The summed E-state index contributed by atoms with van der Waals surface area (Å²) in [6.07, 6.45) is 7.82. The first-order chi connectivity index (χ1) is 14.3. The predicted octanol–water partition coefficient (Wildman–Crippen LogP) is 8.69. The van der Waals surface area contributed by atoms with Crippen LogP contribution in [0.1, 0.15) is 44.6 Å². The molecule has 0 amide bonds. The van der Waals surface area contributed by atoms with E-state index in [1.165, 1.54) is 77.1 Å². The average molecular weight is 379 g/mol. The average Bonchev–Trinajstić information content (AvgIpc) is 2.79. The summed E-state index contributed by atoms with van der Waals surface area (Å²) in [6.45, 7) is 2.28. The Morgan fingerprint density at radius 3 is 1.86 bits per heavy atom. The Bertz CT molecular complexity index is 1060. The van der Waals surface area contributed by atoms with E-state index >= 15 is 0 Å². The van der Waals surface area contributed by atoms with E-state index in [4.69, 9.17) is 0 Å². The Morgan fingerprint density at radius 1 is 0.517 bits per heavy atom. The Balaban J connectivity index is 1.70. The molecule has 0 heterocycles. The van der Waals surface area contributed by atoms with E-state index in [9.17, 15) is 0 Å². The highest BCUT2D eigenvalue weighted by Crippen LogP contribution is 2.36. The van der Waals surface area contributed by atoms with Crippen LogP contribution in [0.25, 0.3) is 33.0 Å². The lowest BCUT2D eigenvalue weighted by Gasteiger charge is -2.14. The third kappa shape index (κ3) is 4.77. The van der Waals surface area contributed by atoms with Crippen LogP contribution in [-0.2, 0) is 6.42 Å². The van der Waals surface area contributed by atoms with Gasteiger partial charge in [0.25, 0.3) is 0 Å². The zero-order valence-corrected chi connectivity index (χ0v) is 17.4. The van der Waals surface area contributed by atoms with Crippen molar-refractivity contribution >= 4 is 10.8 Å². The third-order valence-corrected chi connectivity index (χ3v) is 5.78. The second-order valence-electron chi connectivity index (χ2n) is 7.98. The minimum atomic E-state index is 1.17.